The van der Waals surface area contributed by atoms with Gasteiger partial charge in [-0.2, -0.15) is 31.4 Å². The smallest absolute Gasteiger partial charge is 0.434 e. The molecule has 1 atom stereocenters. The van der Waals surface area contributed by atoms with Crippen LogP contribution in [0.3, 0.4) is 0 Å². The van der Waals surface area contributed by atoms with Crippen molar-refractivity contribution < 1.29 is 40.7 Å². The Balaban J connectivity index is 2.49. The zero-order valence-electron chi connectivity index (χ0n) is 16.0. The lowest BCUT2D eigenvalue weighted by molar-refractivity contribution is -0.145. The number of rotatable bonds is 7. The van der Waals surface area contributed by atoms with Crippen LogP contribution in [0.2, 0.25) is 0 Å². The van der Waals surface area contributed by atoms with Gasteiger partial charge in [-0.05, 0) is 31.5 Å². The van der Waals surface area contributed by atoms with Crippen molar-refractivity contribution in [2.75, 3.05) is 6.61 Å². The zero-order chi connectivity index (χ0) is 23.4. The molecule has 12 heteroatoms. The van der Waals surface area contributed by atoms with Crippen molar-refractivity contribution in [1.82, 2.24) is 15.1 Å². The maximum atomic E-state index is 13.7. The van der Waals surface area contributed by atoms with E-state index in [0.29, 0.717) is 18.3 Å². The van der Waals surface area contributed by atoms with Gasteiger partial charge < -0.3 is 10.1 Å². The summed E-state index contributed by atoms with van der Waals surface area (Å²) in [5.41, 5.74) is -4.30. The molecule has 168 valence electrons. The molecule has 0 aliphatic carbocycles. The van der Waals surface area contributed by atoms with Crippen LogP contribution in [0.15, 0.2) is 43.1 Å². The SMILES string of the molecule is C=CC[C@H](NC(=O)c1cnn(-c2cccc(C(F)(F)F)c2)c1C(F)(F)F)C(=O)OCC. The Hall–Kier alpha value is -3.31. The largest absolute Gasteiger partial charge is 0.464 e. The van der Waals surface area contributed by atoms with E-state index < -0.39 is 52.8 Å². The number of nitrogens with zero attached hydrogens (tertiary/aromatic N) is 2. The van der Waals surface area contributed by atoms with Crippen LogP contribution in [0, 0.1) is 0 Å². The van der Waals surface area contributed by atoms with Crippen LogP contribution >= 0.6 is 0 Å². The Morgan fingerprint density at radius 3 is 2.45 bits per heavy atom. The van der Waals surface area contributed by atoms with E-state index in [0.717, 1.165) is 12.1 Å². The number of amides is 1. The Morgan fingerprint density at radius 2 is 1.90 bits per heavy atom. The van der Waals surface area contributed by atoms with Crippen LogP contribution in [0.5, 0.6) is 0 Å². The number of nitrogens with one attached hydrogen (secondary N) is 1. The van der Waals surface area contributed by atoms with Crippen LogP contribution in [-0.2, 0) is 21.9 Å². The van der Waals surface area contributed by atoms with E-state index in [-0.39, 0.29) is 17.7 Å². The summed E-state index contributed by atoms with van der Waals surface area (Å²) in [5.74, 6) is -2.18. The summed E-state index contributed by atoms with van der Waals surface area (Å²) < 4.78 is 84.9. The minimum Gasteiger partial charge on any atom is -0.464 e. The van der Waals surface area contributed by atoms with Gasteiger partial charge >= 0.3 is 18.3 Å². The summed E-state index contributed by atoms with van der Waals surface area (Å²) in [6, 6.07) is 1.76. The van der Waals surface area contributed by atoms with Gasteiger partial charge in [-0.3, -0.25) is 4.79 Å². The number of halogens is 6. The number of alkyl halides is 6. The van der Waals surface area contributed by atoms with Gasteiger partial charge in [0.05, 0.1) is 29.6 Å². The van der Waals surface area contributed by atoms with Gasteiger partial charge in [-0.1, -0.05) is 12.1 Å². The second-order valence-corrected chi connectivity index (χ2v) is 6.17. The van der Waals surface area contributed by atoms with E-state index in [1.807, 2.05) is 0 Å². The fraction of sp³-hybridized carbons (Fsp3) is 0.316. The summed E-state index contributed by atoms with van der Waals surface area (Å²) >= 11 is 0. The third-order valence-electron chi connectivity index (χ3n) is 3.98. The van der Waals surface area contributed by atoms with Gasteiger partial charge in [0.2, 0.25) is 0 Å². The van der Waals surface area contributed by atoms with Crippen LogP contribution in [-0.4, -0.2) is 34.3 Å². The maximum absolute atomic E-state index is 13.7. The highest BCUT2D eigenvalue weighted by atomic mass is 19.4. The molecule has 6 nitrogen and oxygen atoms in total. The van der Waals surface area contributed by atoms with Crippen molar-refractivity contribution >= 4 is 11.9 Å². The van der Waals surface area contributed by atoms with Gasteiger partial charge in [0.15, 0.2) is 5.69 Å². The molecule has 2 rings (SSSR count). The normalized spacial score (nSPS) is 12.9. The van der Waals surface area contributed by atoms with Crippen LogP contribution < -0.4 is 5.32 Å². The first-order chi connectivity index (χ1) is 14.4. The molecular weight excluding hydrogens is 432 g/mol. The lowest BCUT2D eigenvalue weighted by atomic mass is 10.1. The minimum absolute atomic E-state index is 0.0242. The van der Waals surface area contributed by atoms with Crippen molar-refractivity contribution in [3.05, 3.63) is 59.9 Å². The van der Waals surface area contributed by atoms with Crippen molar-refractivity contribution in [1.29, 1.82) is 0 Å². The summed E-state index contributed by atoms with van der Waals surface area (Å²) in [4.78, 5) is 24.4. The van der Waals surface area contributed by atoms with Gasteiger partial charge in [0, 0.05) is 0 Å². The number of esters is 1. The van der Waals surface area contributed by atoms with Crippen LogP contribution in [0.25, 0.3) is 5.69 Å². The number of ether oxygens (including phenoxy) is 1. The topological polar surface area (TPSA) is 73.2 Å². The van der Waals surface area contributed by atoms with E-state index >= 15 is 0 Å². The number of carbonyl (C=O) groups excluding carboxylic acids is 2. The number of aromatic nitrogens is 2. The minimum atomic E-state index is -5.14. The number of hydrogen-bond acceptors (Lipinski definition) is 4. The second-order valence-electron chi connectivity index (χ2n) is 6.17. The monoisotopic (exact) mass is 449 g/mol. The van der Waals surface area contributed by atoms with E-state index in [1.165, 1.54) is 13.0 Å². The first-order valence-electron chi connectivity index (χ1n) is 8.81. The predicted octanol–water partition coefficient (Wildman–Crippen LogP) is 4.15. The Bertz CT molecular complexity index is 966. The molecule has 0 saturated heterocycles. The average molecular weight is 449 g/mol. The Morgan fingerprint density at radius 1 is 1.23 bits per heavy atom. The van der Waals surface area contributed by atoms with Crippen molar-refractivity contribution in [2.45, 2.75) is 31.7 Å². The fourth-order valence-corrected chi connectivity index (χ4v) is 2.66. The molecule has 1 aromatic heterocycles. The fourth-order valence-electron chi connectivity index (χ4n) is 2.66. The van der Waals surface area contributed by atoms with Gasteiger partial charge in [-0.25, -0.2) is 9.48 Å². The highest BCUT2D eigenvalue weighted by Gasteiger charge is 2.41. The van der Waals surface area contributed by atoms with Crippen LogP contribution in [0.1, 0.15) is 35.0 Å². The molecule has 0 fully saturated rings. The lowest BCUT2D eigenvalue weighted by Crippen LogP contribution is -2.42. The number of carbonyl (C=O) groups is 2. The van der Waals surface area contributed by atoms with E-state index in [4.69, 9.17) is 4.74 Å². The molecule has 0 aliphatic rings. The number of benzene rings is 1. The molecule has 0 saturated carbocycles. The quantitative estimate of drug-likeness (QED) is 0.392. The van der Waals surface area contributed by atoms with E-state index in [1.54, 1.807) is 0 Å². The molecule has 0 bridgehead atoms. The summed E-state index contributed by atoms with van der Waals surface area (Å²) in [5, 5.41) is 5.58. The average Bonchev–Trinajstić information content (AvgIpc) is 3.13. The van der Waals surface area contributed by atoms with Crippen molar-refractivity contribution in [3.63, 3.8) is 0 Å². The first kappa shape index (κ1) is 24.0. The highest BCUT2D eigenvalue weighted by Crippen LogP contribution is 2.35. The Labute approximate surface area is 172 Å². The summed E-state index contributed by atoms with van der Waals surface area (Å²) in [7, 11) is 0. The second kappa shape index (κ2) is 9.23. The van der Waals surface area contributed by atoms with Gasteiger partial charge in [0.1, 0.15) is 6.04 Å². The summed E-state index contributed by atoms with van der Waals surface area (Å²) in [6.07, 6.45) is -8.23. The van der Waals surface area contributed by atoms with Crippen molar-refractivity contribution in [2.24, 2.45) is 0 Å². The molecule has 1 heterocycles. The molecule has 0 radical (unpaired) electrons. The molecule has 31 heavy (non-hydrogen) atoms. The Kier molecular flexibility index (Phi) is 7.13. The van der Waals surface area contributed by atoms with Crippen molar-refractivity contribution in [3.8, 4) is 5.69 Å². The molecule has 0 aliphatic heterocycles. The lowest BCUT2D eigenvalue weighted by Gasteiger charge is -2.17. The third-order valence-corrected chi connectivity index (χ3v) is 3.98. The van der Waals surface area contributed by atoms with Gasteiger partial charge in [0.25, 0.3) is 5.91 Å². The third kappa shape index (κ3) is 5.64. The molecule has 1 aromatic carbocycles. The van der Waals surface area contributed by atoms with E-state index in [2.05, 4.69) is 17.0 Å². The van der Waals surface area contributed by atoms with Gasteiger partial charge in [-0.15, -0.1) is 6.58 Å². The molecule has 1 N–H and O–H groups in total. The first-order valence-corrected chi connectivity index (χ1v) is 8.81. The van der Waals surface area contributed by atoms with Crippen LogP contribution in [0.4, 0.5) is 26.3 Å². The highest BCUT2D eigenvalue weighted by molar-refractivity contribution is 5.98. The summed E-state index contributed by atoms with van der Waals surface area (Å²) in [6.45, 7) is 4.89. The molecular formula is C19H17F6N3O3. The molecule has 2 aromatic rings. The van der Waals surface area contributed by atoms with E-state index in [9.17, 15) is 35.9 Å². The molecule has 0 spiro atoms. The molecule has 0 unspecified atom stereocenters. The zero-order valence-corrected chi connectivity index (χ0v) is 16.0. The number of hydrogen-bond donors (Lipinski definition) is 1. The maximum Gasteiger partial charge on any atom is 0.434 e. The predicted molar refractivity (Wildman–Crippen MR) is 96.3 cm³/mol. The standard InChI is InChI=1S/C19H17F6N3O3/c1-3-6-14(17(30)31-4-2)27-16(29)13-10-26-28(15(13)19(23,24)25)12-8-5-7-11(9-12)18(20,21)22/h3,5,7-10,14H,1,4,6H2,2H3,(H,27,29)/t14-/m0/s1. The molecule has 1 amide bonds.